The number of carbonyl (C=O) groups is 1. The van der Waals surface area contributed by atoms with E-state index >= 15 is 0 Å². The molecule has 7 heteroatoms. The van der Waals surface area contributed by atoms with Crippen LogP contribution in [0.1, 0.15) is 15.9 Å². The van der Waals surface area contributed by atoms with Crippen LogP contribution in [0.25, 0.3) is 0 Å². The van der Waals surface area contributed by atoms with Crippen LogP contribution < -0.4 is 10.6 Å². The highest BCUT2D eigenvalue weighted by Gasteiger charge is 2.24. The lowest BCUT2D eigenvalue weighted by atomic mass is 10.1. The van der Waals surface area contributed by atoms with Crippen molar-refractivity contribution >= 4 is 23.1 Å². The van der Waals surface area contributed by atoms with Crippen LogP contribution in [0.15, 0.2) is 36.5 Å². The lowest BCUT2D eigenvalue weighted by Crippen LogP contribution is -2.27. The fourth-order valence-electron chi connectivity index (χ4n) is 1.92. The van der Waals surface area contributed by atoms with Gasteiger partial charge in [-0.25, -0.2) is 4.98 Å². The Kier molecular flexibility index (Phi) is 3.84. The summed E-state index contributed by atoms with van der Waals surface area (Å²) in [5, 5.41) is 11.0. The van der Waals surface area contributed by atoms with E-state index in [4.69, 9.17) is 5.73 Å². The van der Waals surface area contributed by atoms with E-state index in [0.717, 1.165) is 11.8 Å². The minimum absolute atomic E-state index is 0.0570. The van der Waals surface area contributed by atoms with E-state index in [1.54, 1.807) is 13.1 Å². The van der Waals surface area contributed by atoms with Crippen molar-refractivity contribution in [3.63, 3.8) is 0 Å². The van der Waals surface area contributed by atoms with Crippen molar-refractivity contribution in [3.8, 4) is 0 Å². The highest BCUT2D eigenvalue weighted by Crippen LogP contribution is 2.23. The predicted octanol–water partition coefficient (Wildman–Crippen LogP) is 2.16. The Labute approximate surface area is 121 Å². The molecule has 0 saturated carbocycles. The van der Waals surface area contributed by atoms with Crippen molar-refractivity contribution in [2.75, 3.05) is 17.7 Å². The Morgan fingerprint density at radius 3 is 2.71 bits per heavy atom. The Balaban J connectivity index is 2.44. The molecule has 1 heterocycles. The van der Waals surface area contributed by atoms with Gasteiger partial charge < -0.3 is 10.6 Å². The normalized spacial score (nSPS) is 10.2. The number of nitrogens with zero attached hydrogens (tertiary/aromatic N) is 3. The Bertz CT molecular complexity index is 715. The maximum Gasteiger partial charge on any atom is 0.300 e. The number of anilines is 2. The topological polar surface area (TPSA) is 102 Å². The molecule has 0 bridgehead atoms. The molecule has 0 aliphatic rings. The van der Waals surface area contributed by atoms with Crippen LogP contribution in [0.5, 0.6) is 0 Å². The van der Waals surface area contributed by atoms with Crippen LogP contribution in [0.4, 0.5) is 17.2 Å². The van der Waals surface area contributed by atoms with Gasteiger partial charge in [-0.3, -0.25) is 14.9 Å². The molecule has 0 unspecified atom stereocenters. The number of nitro groups is 1. The minimum Gasteiger partial charge on any atom is -0.384 e. The van der Waals surface area contributed by atoms with Gasteiger partial charge in [-0.05, 0) is 30.7 Å². The van der Waals surface area contributed by atoms with E-state index in [-0.39, 0.29) is 17.1 Å². The van der Waals surface area contributed by atoms with Gasteiger partial charge in [0.05, 0.1) is 4.92 Å². The van der Waals surface area contributed by atoms with Crippen LogP contribution in [0.3, 0.4) is 0 Å². The summed E-state index contributed by atoms with van der Waals surface area (Å²) in [6, 6.07) is 8.49. The van der Waals surface area contributed by atoms with E-state index in [1.165, 1.54) is 11.0 Å². The molecule has 1 aromatic carbocycles. The smallest absolute Gasteiger partial charge is 0.300 e. The molecule has 1 aromatic heterocycles. The number of nitrogens with two attached hydrogens (primary N) is 1. The standard InChI is InChI=1S/C14H14N4O3/c1-9-4-3-5-10(6-9)17(2)14(19)11-7-13(15)16-8-12(11)18(20)21/h3-8H,1-2H3,(H2,15,16). The molecule has 0 atom stereocenters. The average Bonchev–Trinajstić information content (AvgIpc) is 2.45. The lowest BCUT2D eigenvalue weighted by molar-refractivity contribution is -0.385. The molecule has 7 nitrogen and oxygen atoms in total. The zero-order valence-corrected chi connectivity index (χ0v) is 11.6. The highest BCUT2D eigenvalue weighted by molar-refractivity contribution is 6.08. The van der Waals surface area contributed by atoms with Gasteiger partial charge in [0.1, 0.15) is 17.6 Å². The van der Waals surface area contributed by atoms with Gasteiger partial charge in [0.15, 0.2) is 0 Å². The number of hydrogen-bond donors (Lipinski definition) is 1. The highest BCUT2D eigenvalue weighted by atomic mass is 16.6. The first-order chi connectivity index (χ1) is 9.90. The maximum atomic E-state index is 12.5. The zero-order valence-electron chi connectivity index (χ0n) is 11.6. The molecule has 0 aliphatic heterocycles. The second-order valence-corrected chi connectivity index (χ2v) is 4.59. The molecule has 2 N–H and O–H groups in total. The molecule has 2 rings (SSSR count). The number of hydrogen-bond acceptors (Lipinski definition) is 5. The lowest BCUT2D eigenvalue weighted by Gasteiger charge is -2.18. The Morgan fingerprint density at radius 1 is 1.38 bits per heavy atom. The van der Waals surface area contributed by atoms with E-state index in [1.807, 2.05) is 25.1 Å². The summed E-state index contributed by atoms with van der Waals surface area (Å²) in [7, 11) is 1.55. The van der Waals surface area contributed by atoms with Gasteiger partial charge in [0.2, 0.25) is 0 Å². The quantitative estimate of drug-likeness (QED) is 0.688. The van der Waals surface area contributed by atoms with E-state index in [9.17, 15) is 14.9 Å². The van der Waals surface area contributed by atoms with Gasteiger partial charge in [0.25, 0.3) is 11.6 Å². The van der Waals surface area contributed by atoms with E-state index in [2.05, 4.69) is 4.98 Å². The fraction of sp³-hybridized carbons (Fsp3) is 0.143. The van der Waals surface area contributed by atoms with Crippen LogP contribution in [0, 0.1) is 17.0 Å². The molecule has 0 fully saturated rings. The third-order valence-electron chi connectivity index (χ3n) is 3.02. The molecule has 0 aliphatic carbocycles. The van der Waals surface area contributed by atoms with Crippen molar-refractivity contribution in [3.05, 3.63) is 57.8 Å². The molecular formula is C14H14N4O3. The van der Waals surface area contributed by atoms with Crippen molar-refractivity contribution in [2.24, 2.45) is 0 Å². The Hall–Kier alpha value is -2.96. The SMILES string of the molecule is Cc1cccc(N(C)C(=O)c2cc(N)ncc2[N+](=O)[O-])c1. The summed E-state index contributed by atoms with van der Waals surface area (Å²) in [6.45, 7) is 1.90. The largest absolute Gasteiger partial charge is 0.384 e. The first-order valence-electron chi connectivity index (χ1n) is 6.15. The summed E-state index contributed by atoms with van der Waals surface area (Å²) >= 11 is 0. The van der Waals surface area contributed by atoms with Gasteiger partial charge in [-0.15, -0.1) is 0 Å². The number of benzene rings is 1. The number of amides is 1. The van der Waals surface area contributed by atoms with E-state index in [0.29, 0.717) is 5.69 Å². The summed E-state index contributed by atoms with van der Waals surface area (Å²) in [5.74, 6) is -0.456. The fourth-order valence-corrected chi connectivity index (χ4v) is 1.92. The summed E-state index contributed by atoms with van der Waals surface area (Å²) in [5.41, 5.74) is 6.70. The van der Waals surface area contributed by atoms with Gasteiger partial charge >= 0.3 is 0 Å². The van der Waals surface area contributed by atoms with Crippen molar-refractivity contribution in [1.82, 2.24) is 4.98 Å². The molecule has 0 saturated heterocycles. The minimum atomic E-state index is -0.649. The first kappa shape index (κ1) is 14.4. The van der Waals surface area contributed by atoms with Crippen LogP contribution in [-0.2, 0) is 0 Å². The summed E-state index contributed by atoms with van der Waals surface area (Å²) in [4.78, 5) is 27.8. The van der Waals surface area contributed by atoms with Crippen molar-refractivity contribution < 1.29 is 9.72 Å². The second-order valence-electron chi connectivity index (χ2n) is 4.59. The van der Waals surface area contributed by atoms with Crippen LogP contribution in [-0.4, -0.2) is 22.9 Å². The van der Waals surface area contributed by atoms with Crippen molar-refractivity contribution in [1.29, 1.82) is 0 Å². The van der Waals surface area contributed by atoms with E-state index < -0.39 is 10.8 Å². The number of aryl methyl sites for hydroxylation is 1. The third-order valence-corrected chi connectivity index (χ3v) is 3.02. The second kappa shape index (κ2) is 5.58. The number of pyridine rings is 1. The van der Waals surface area contributed by atoms with Gasteiger partial charge in [-0.2, -0.15) is 0 Å². The first-order valence-corrected chi connectivity index (χ1v) is 6.15. The molecule has 1 amide bonds. The monoisotopic (exact) mass is 286 g/mol. The molecule has 0 spiro atoms. The molecule has 21 heavy (non-hydrogen) atoms. The number of nitrogen functional groups attached to an aromatic ring is 1. The van der Waals surface area contributed by atoms with Gasteiger partial charge in [0, 0.05) is 12.7 Å². The number of aromatic nitrogens is 1. The summed E-state index contributed by atoms with van der Waals surface area (Å²) in [6.07, 6.45) is 0.993. The molecular weight excluding hydrogens is 272 g/mol. The molecule has 2 aromatic rings. The van der Waals surface area contributed by atoms with Crippen molar-refractivity contribution in [2.45, 2.75) is 6.92 Å². The Morgan fingerprint density at radius 2 is 2.10 bits per heavy atom. The van der Waals surface area contributed by atoms with Gasteiger partial charge in [-0.1, -0.05) is 12.1 Å². The molecule has 108 valence electrons. The predicted molar refractivity (Wildman–Crippen MR) is 79.2 cm³/mol. The van der Waals surface area contributed by atoms with Crippen LogP contribution in [0.2, 0.25) is 0 Å². The molecule has 0 radical (unpaired) electrons. The third kappa shape index (κ3) is 2.97. The number of rotatable bonds is 3. The maximum absolute atomic E-state index is 12.5. The summed E-state index contributed by atoms with van der Waals surface area (Å²) < 4.78 is 0. The average molecular weight is 286 g/mol. The number of carbonyl (C=O) groups excluding carboxylic acids is 1. The zero-order chi connectivity index (χ0) is 15.6. The van der Waals surface area contributed by atoms with Crippen LogP contribution >= 0.6 is 0 Å².